The first-order valence-corrected chi connectivity index (χ1v) is 5.08. The Bertz CT molecular complexity index is 390. The molecule has 0 saturated carbocycles. The lowest BCUT2D eigenvalue weighted by Gasteiger charge is -2.18. The van der Waals surface area contributed by atoms with Crippen LogP contribution in [0.25, 0.3) is 0 Å². The van der Waals surface area contributed by atoms with Crippen LogP contribution in [0.2, 0.25) is 0 Å². The van der Waals surface area contributed by atoms with E-state index in [2.05, 4.69) is 26.7 Å². The normalized spacial score (nSPS) is 18.9. The lowest BCUT2D eigenvalue weighted by molar-refractivity contribution is -0.274. The zero-order valence-electron chi connectivity index (χ0n) is 9.08. The highest BCUT2D eigenvalue weighted by atomic mass is 19.4. The van der Waals surface area contributed by atoms with Crippen LogP contribution < -0.4 is 32.4 Å². The second-order valence-corrected chi connectivity index (χ2v) is 3.66. The number of hydrogen-bond donors (Lipinski definition) is 5. The number of nitrogens with one attached hydrogen (secondary N) is 4. The minimum Gasteiger partial charge on any atom is -0.406 e. The van der Waals surface area contributed by atoms with Gasteiger partial charge in [-0.05, 0) is 17.7 Å². The molecule has 6 N–H and O–H groups in total. The fourth-order valence-electron chi connectivity index (χ4n) is 1.53. The Morgan fingerprint density at radius 2 is 1.67 bits per heavy atom. The molecule has 1 saturated heterocycles. The minimum absolute atomic E-state index is 0.276. The van der Waals surface area contributed by atoms with Gasteiger partial charge in [0.15, 0.2) is 0 Å². The molecule has 0 bridgehead atoms. The summed E-state index contributed by atoms with van der Waals surface area (Å²) in [5, 5.41) is 0. The monoisotopic (exact) mass is 263 g/mol. The molecule has 2 rings (SSSR count). The smallest absolute Gasteiger partial charge is 0.406 e. The van der Waals surface area contributed by atoms with Crippen molar-refractivity contribution in [3.63, 3.8) is 0 Å². The quantitative estimate of drug-likeness (QED) is 0.529. The molecule has 1 aliphatic heterocycles. The third-order valence-electron chi connectivity index (χ3n) is 2.38. The first-order valence-electron chi connectivity index (χ1n) is 5.08. The molecule has 18 heavy (non-hydrogen) atoms. The second-order valence-electron chi connectivity index (χ2n) is 3.66. The highest BCUT2D eigenvalue weighted by Gasteiger charge is 2.31. The molecule has 9 heteroatoms. The molecule has 1 aromatic rings. The predicted octanol–water partition coefficient (Wildman–Crippen LogP) is 0.0281. The molecule has 100 valence electrons. The molecular formula is C9H12F3N5O. The van der Waals surface area contributed by atoms with Gasteiger partial charge >= 0.3 is 6.36 Å². The molecule has 1 fully saturated rings. The van der Waals surface area contributed by atoms with Gasteiger partial charge in [0, 0.05) is 0 Å². The van der Waals surface area contributed by atoms with Gasteiger partial charge in [-0.15, -0.1) is 13.2 Å². The zero-order chi connectivity index (χ0) is 13.2. The maximum atomic E-state index is 12.0. The molecule has 1 aliphatic rings. The number of benzene rings is 1. The number of ether oxygens (including phenoxy) is 1. The fourth-order valence-corrected chi connectivity index (χ4v) is 1.53. The van der Waals surface area contributed by atoms with Crippen LogP contribution in [0.3, 0.4) is 0 Å². The number of hydrazine groups is 3. The summed E-state index contributed by atoms with van der Waals surface area (Å²) in [6.45, 7) is 0. The van der Waals surface area contributed by atoms with Crippen molar-refractivity contribution in [2.24, 2.45) is 5.73 Å². The van der Waals surface area contributed by atoms with Gasteiger partial charge in [-0.25, -0.2) is 10.9 Å². The van der Waals surface area contributed by atoms with E-state index >= 15 is 0 Å². The van der Waals surface area contributed by atoms with Crippen LogP contribution in [0.4, 0.5) is 13.2 Å². The first-order chi connectivity index (χ1) is 8.46. The molecule has 1 unspecified atom stereocenters. The van der Waals surface area contributed by atoms with Gasteiger partial charge in [0.05, 0.1) is 6.04 Å². The topological polar surface area (TPSA) is 83.4 Å². The SMILES string of the molecule is NC(c1ccc(OC(F)(F)F)cc1)C1NNNN1. The van der Waals surface area contributed by atoms with Crippen molar-refractivity contribution in [3.05, 3.63) is 29.8 Å². The third-order valence-corrected chi connectivity index (χ3v) is 2.38. The number of halogens is 3. The van der Waals surface area contributed by atoms with E-state index in [1.165, 1.54) is 24.3 Å². The average Bonchev–Trinajstić information content (AvgIpc) is 2.80. The van der Waals surface area contributed by atoms with Crippen molar-refractivity contribution >= 4 is 0 Å². The molecule has 6 nitrogen and oxygen atoms in total. The molecule has 1 heterocycles. The average molecular weight is 263 g/mol. The van der Waals surface area contributed by atoms with Crippen LogP contribution in [0, 0.1) is 0 Å². The highest BCUT2D eigenvalue weighted by Crippen LogP contribution is 2.24. The minimum atomic E-state index is -4.69. The summed E-state index contributed by atoms with van der Waals surface area (Å²) in [6, 6.07) is 4.96. The van der Waals surface area contributed by atoms with Gasteiger partial charge < -0.3 is 10.5 Å². The van der Waals surface area contributed by atoms with E-state index in [0.717, 1.165) is 0 Å². The molecular weight excluding hydrogens is 251 g/mol. The van der Waals surface area contributed by atoms with Gasteiger partial charge in [-0.1, -0.05) is 12.1 Å². The van der Waals surface area contributed by atoms with Crippen LogP contribution >= 0.6 is 0 Å². The van der Waals surface area contributed by atoms with Crippen molar-refractivity contribution in [3.8, 4) is 5.75 Å². The van der Waals surface area contributed by atoms with E-state index in [-0.39, 0.29) is 11.9 Å². The molecule has 0 aliphatic carbocycles. The van der Waals surface area contributed by atoms with E-state index in [4.69, 9.17) is 5.73 Å². The standard InChI is InChI=1S/C9H12F3N5O/c10-9(11,12)18-6-3-1-5(2-4-6)7(13)8-14-16-17-15-8/h1-4,7-8,14-17H,13H2. The summed E-state index contributed by atoms with van der Waals surface area (Å²) in [4.78, 5) is 0. The van der Waals surface area contributed by atoms with Crippen LogP contribution in [0.1, 0.15) is 11.6 Å². The predicted molar refractivity (Wildman–Crippen MR) is 56.4 cm³/mol. The van der Waals surface area contributed by atoms with E-state index in [1.807, 2.05) is 0 Å². The van der Waals surface area contributed by atoms with Gasteiger partial charge in [0.2, 0.25) is 0 Å². The van der Waals surface area contributed by atoms with Crippen molar-refractivity contribution in [1.82, 2.24) is 21.9 Å². The fraction of sp³-hybridized carbons (Fsp3) is 0.333. The third kappa shape index (κ3) is 3.31. The van der Waals surface area contributed by atoms with Crippen LogP contribution in [0.5, 0.6) is 5.75 Å². The number of hydrogen-bond acceptors (Lipinski definition) is 6. The highest BCUT2D eigenvalue weighted by molar-refractivity contribution is 5.29. The van der Waals surface area contributed by atoms with Crippen molar-refractivity contribution in [2.45, 2.75) is 18.6 Å². The Morgan fingerprint density at radius 3 is 2.17 bits per heavy atom. The Balaban J connectivity index is 2.02. The van der Waals surface area contributed by atoms with Crippen molar-refractivity contribution < 1.29 is 17.9 Å². The van der Waals surface area contributed by atoms with Crippen molar-refractivity contribution in [1.29, 1.82) is 0 Å². The van der Waals surface area contributed by atoms with Gasteiger partial charge in [0.25, 0.3) is 0 Å². The van der Waals surface area contributed by atoms with Crippen molar-refractivity contribution in [2.75, 3.05) is 0 Å². The van der Waals surface area contributed by atoms with E-state index in [0.29, 0.717) is 5.56 Å². The largest absolute Gasteiger partial charge is 0.573 e. The molecule has 0 spiro atoms. The molecule has 1 atom stereocenters. The maximum Gasteiger partial charge on any atom is 0.573 e. The summed E-state index contributed by atoms with van der Waals surface area (Å²) in [5.74, 6) is -0.276. The first kappa shape index (κ1) is 13.1. The van der Waals surface area contributed by atoms with E-state index < -0.39 is 12.4 Å². The number of rotatable bonds is 3. The molecule has 1 aromatic carbocycles. The molecule has 0 aromatic heterocycles. The lowest BCUT2D eigenvalue weighted by Crippen LogP contribution is -2.43. The second kappa shape index (κ2) is 5.08. The number of alkyl halides is 3. The summed E-state index contributed by atoms with van der Waals surface area (Å²) < 4.78 is 39.7. The van der Waals surface area contributed by atoms with Gasteiger partial charge in [0.1, 0.15) is 11.9 Å². The van der Waals surface area contributed by atoms with Crippen LogP contribution in [-0.4, -0.2) is 12.5 Å². The Hall–Kier alpha value is -1.39. The lowest BCUT2D eigenvalue weighted by atomic mass is 10.1. The van der Waals surface area contributed by atoms with Crippen LogP contribution in [-0.2, 0) is 0 Å². The molecule has 0 amide bonds. The Labute approximate surface area is 101 Å². The van der Waals surface area contributed by atoms with Crippen LogP contribution in [0.15, 0.2) is 24.3 Å². The summed E-state index contributed by atoms with van der Waals surface area (Å²) in [6.07, 6.45) is -4.97. The summed E-state index contributed by atoms with van der Waals surface area (Å²) in [5.41, 5.74) is 17.4. The van der Waals surface area contributed by atoms with E-state index in [1.54, 1.807) is 0 Å². The summed E-state index contributed by atoms with van der Waals surface area (Å²) >= 11 is 0. The Kier molecular flexibility index (Phi) is 3.68. The maximum absolute atomic E-state index is 12.0. The Morgan fingerprint density at radius 1 is 1.11 bits per heavy atom. The summed E-state index contributed by atoms with van der Waals surface area (Å²) in [7, 11) is 0. The van der Waals surface area contributed by atoms with Gasteiger partial charge in [-0.3, -0.25) is 0 Å². The van der Waals surface area contributed by atoms with E-state index in [9.17, 15) is 13.2 Å². The zero-order valence-corrected chi connectivity index (χ0v) is 9.08. The number of nitrogens with two attached hydrogens (primary N) is 1. The van der Waals surface area contributed by atoms with Gasteiger partial charge in [-0.2, -0.15) is 11.1 Å². The molecule has 0 radical (unpaired) electrons.